The Morgan fingerprint density at radius 3 is 2.72 bits per heavy atom. The van der Waals surface area contributed by atoms with Crippen LogP contribution in [0.15, 0.2) is 24.3 Å². The van der Waals surface area contributed by atoms with Gasteiger partial charge in [0, 0.05) is 24.4 Å². The molecule has 0 unspecified atom stereocenters. The van der Waals surface area contributed by atoms with Gasteiger partial charge in [0.15, 0.2) is 0 Å². The van der Waals surface area contributed by atoms with Crippen LogP contribution in [0.25, 0.3) is 0 Å². The Labute approximate surface area is 110 Å². The van der Waals surface area contributed by atoms with Crippen LogP contribution in [0, 0.1) is 0 Å². The lowest BCUT2D eigenvalue weighted by atomic mass is 10.0. The van der Waals surface area contributed by atoms with Crippen LogP contribution in [0.4, 0.5) is 0 Å². The van der Waals surface area contributed by atoms with Crippen molar-refractivity contribution in [2.45, 2.75) is 39.2 Å². The van der Waals surface area contributed by atoms with Crippen molar-refractivity contribution in [3.05, 3.63) is 29.8 Å². The van der Waals surface area contributed by atoms with E-state index in [0.29, 0.717) is 18.9 Å². The number of para-hydroxylation sites is 1. The van der Waals surface area contributed by atoms with E-state index in [0.717, 1.165) is 24.3 Å². The maximum Gasteiger partial charge on any atom is 0.137 e. The van der Waals surface area contributed by atoms with Crippen molar-refractivity contribution < 1.29 is 9.53 Å². The first kappa shape index (κ1) is 14.7. The summed E-state index contributed by atoms with van der Waals surface area (Å²) in [5, 5.41) is 3.31. The first-order valence-electron chi connectivity index (χ1n) is 6.50. The molecule has 1 aromatic carbocycles. The fourth-order valence-corrected chi connectivity index (χ4v) is 1.83. The highest BCUT2D eigenvalue weighted by molar-refractivity contribution is 5.81. The lowest BCUT2D eigenvalue weighted by Gasteiger charge is -2.09. The van der Waals surface area contributed by atoms with E-state index in [-0.39, 0.29) is 5.78 Å². The van der Waals surface area contributed by atoms with Crippen molar-refractivity contribution in [2.75, 3.05) is 13.7 Å². The van der Waals surface area contributed by atoms with Gasteiger partial charge >= 0.3 is 0 Å². The van der Waals surface area contributed by atoms with Gasteiger partial charge in [-0.3, -0.25) is 4.79 Å². The molecule has 0 aliphatic heterocycles. The zero-order chi connectivity index (χ0) is 13.4. The number of methoxy groups -OCH3 is 1. The third-order valence-electron chi connectivity index (χ3n) is 2.77. The first-order chi connectivity index (χ1) is 8.63. The van der Waals surface area contributed by atoms with E-state index in [9.17, 15) is 4.79 Å². The summed E-state index contributed by atoms with van der Waals surface area (Å²) in [5.74, 6) is 1.07. The van der Waals surface area contributed by atoms with E-state index in [2.05, 4.69) is 19.2 Å². The average molecular weight is 249 g/mol. The Balaban J connectivity index is 2.35. The maximum absolute atomic E-state index is 11.8. The maximum atomic E-state index is 11.8. The van der Waals surface area contributed by atoms with Gasteiger partial charge in [-0.15, -0.1) is 0 Å². The number of benzene rings is 1. The van der Waals surface area contributed by atoms with Gasteiger partial charge in [0.25, 0.3) is 0 Å². The van der Waals surface area contributed by atoms with Crippen LogP contribution in [0.5, 0.6) is 5.75 Å². The zero-order valence-corrected chi connectivity index (χ0v) is 11.5. The van der Waals surface area contributed by atoms with Gasteiger partial charge in [0.1, 0.15) is 11.5 Å². The van der Waals surface area contributed by atoms with Crippen LogP contribution in [0.3, 0.4) is 0 Å². The third-order valence-corrected chi connectivity index (χ3v) is 2.77. The highest BCUT2D eigenvalue weighted by Gasteiger charge is 2.07. The number of carbonyl (C=O) groups is 1. The molecular weight excluding hydrogens is 226 g/mol. The van der Waals surface area contributed by atoms with E-state index in [4.69, 9.17) is 4.74 Å². The smallest absolute Gasteiger partial charge is 0.137 e. The minimum Gasteiger partial charge on any atom is -0.496 e. The van der Waals surface area contributed by atoms with Crippen LogP contribution >= 0.6 is 0 Å². The average Bonchev–Trinajstić information content (AvgIpc) is 2.35. The number of rotatable bonds is 8. The SMILES string of the molecule is COc1ccccc1CC(=O)CCCNC(C)C. The summed E-state index contributed by atoms with van der Waals surface area (Å²) in [4.78, 5) is 11.8. The van der Waals surface area contributed by atoms with Crippen molar-refractivity contribution in [1.82, 2.24) is 5.32 Å². The molecule has 0 spiro atoms. The number of hydrogen-bond acceptors (Lipinski definition) is 3. The molecular formula is C15H23NO2. The van der Waals surface area contributed by atoms with Crippen molar-refractivity contribution in [1.29, 1.82) is 0 Å². The summed E-state index contributed by atoms with van der Waals surface area (Å²) in [6.45, 7) is 5.11. The fraction of sp³-hybridized carbons (Fsp3) is 0.533. The van der Waals surface area contributed by atoms with E-state index >= 15 is 0 Å². The summed E-state index contributed by atoms with van der Waals surface area (Å²) in [6.07, 6.45) is 1.98. The lowest BCUT2D eigenvalue weighted by Crippen LogP contribution is -2.24. The van der Waals surface area contributed by atoms with Crippen LogP contribution in [-0.4, -0.2) is 25.5 Å². The Kier molecular flexibility index (Phi) is 6.44. The summed E-state index contributed by atoms with van der Waals surface area (Å²) < 4.78 is 5.24. The van der Waals surface area contributed by atoms with E-state index in [1.807, 2.05) is 24.3 Å². The van der Waals surface area contributed by atoms with E-state index < -0.39 is 0 Å². The summed E-state index contributed by atoms with van der Waals surface area (Å²) >= 11 is 0. The molecule has 0 amide bonds. The molecule has 0 aromatic heterocycles. The molecule has 0 atom stereocenters. The zero-order valence-electron chi connectivity index (χ0n) is 11.5. The predicted molar refractivity (Wildman–Crippen MR) is 74.1 cm³/mol. The second-order valence-corrected chi connectivity index (χ2v) is 4.74. The minimum atomic E-state index is 0.269. The predicted octanol–water partition coefficient (Wildman–Crippen LogP) is 2.59. The fourth-order valence-electron chi connectivity index (χ4n) is 1.83. The van der Waals surface area contributed by atoms with E-state index in [1.54, 1.807) is 7.11 Å². The second kappa shape index (κ2) is 7.88. The molecule has 1 aromatic rings. The summed E-state index contributed by atoms with van der Waals surface area (Å²) in [7, 11) is 1.63. The van der Waals surface area contributed by atoms with Gasteiger partial charge in [0.05, 0.1) is 7.11 Å². The minimum absolute atomic E-state index is 0.269. The topological polar surface area (TPSA) is 38.3 Å². The monoisotopic (exact) mass is 249 g/mol. The largest absolute Gasteiger partial charge is 0.496 e. The second-order valence-electron chi connectivity index (χ2n) is 4.74. The molecule has 0 aliphatic carbocycles. The lowest BCUT2D eigenvalue weighted by molar-refractivity contribution is -0.118. The highest BCUT2D eigenvalue weighted by atomic mass is 16.5. The van der Waals surface area contributed by atoms with Crippen LogP contribution < -0.4 is 10.1 Å². The summed E-state index contributed by atoms with van der Waals surface area (Å²) in [6, 6.07) is 8.17. The molecule has 18 heavy (non-hydrogen) atoms. The molecule has 1 N–H and O–H groups in total. The number of ether oxygens (including phenoxy) is 1. The standard InChI is InChI=1S/C15H23NO2/c1-12(2)16-10-6-8-14(17)11-13-7-4-5-9-15(13)18-3/h4-5,7,9,12,16H,6,8,10-11H2,1-3H3. The van der Waals surface area contributed by atoms with Gasteiger partial charge in [0.2, 0.25) is 0 Å². The van der Waals surface area contributed by atoms with Crippen molar-refractivity contribution >= 4 is 5.78 Å². The Morgan fingerprint density at radius 2 is 2.06 bits per heavy atom. The Bertz CT molecular complexity index is 375. The van der Waals surface area contributed by atoms with Crippen molar-refractivity contribution in [3.8, 4) is 5.75 Å². The number of ketones is 1. The van der Waals surface area contributed by atoms with Gasteiger partial charge in [-0.2, -0.15) is 0 Å². The normalized spacial score (nSPS) is 10.7. The molecule has 0 saturated heterocycles. The molecule has 1 rings (SSSR count). The molecule has 3 nitrogen and oxygen atoms in total. The van der Waals surface area contributed by atoms with Crippen molar-refractivity contribution in [3.63, 3.8) is 0 Å². The third kappa shape index (κ3) is 5.32. The molecule has 0 radical (unpaired) electrons. The van der Waals surface area contributed by atoms with Crippen LogP contribution in [0.2, 0.25) is 0 Å². The van der Waals surface area contributed by atoms with Crippen molar-refractivity contribution in [2.24, 2.45) is 0 Å². The van der Waals surface area contributed by atoms with Gasteiger partial charge in [-0.25, -0.2) is 0 Å². The Hall–Kier alpha value is -1.35. The molecule has 0 bridgehead atoms. The number of nitrogens with one attached hydrogen (secondary N) is 1. The van der Waals surface area contributed by atoms with Gasteiger partial charge < -0.3 is 10.1 Å². The highest BCUT2D eigenvalue weighted by Crippen LogP contribution is 2.18. The quantitative estimate of drug-likeness (QED) is 0.720. The summed E-state index contributed by atoms with van der Waals surface area (Å²) in [5.41, 5.74) is 0.974. The molecule has 3 heteroatoms. The first-order valence-corrected chi connectivity index (χ1v) is 6.50. The number of carbonyl (C=O) groups excluding carboxylic acids is 1. The van der Waals surface area contributed by atoms with Crippen LogP contribution in [-0.2, 0) is 11.2 Å². The molecule has 0 aliphatic rings. The number of hydrogen-bond donors (Lipinski definition) is 1. The van der Waals surface area contributed by atoms with Gasteiger partial charge in [-0.1, -0.05) is 32.0 Å². The van der Waals surface area contributed by atoms with Gasteiger partial charge in [-0.05, 0) is 19.0 Å². The molecule has 100 valence electrons. The molecule has 0 fully saturated rings. The van der Waals surface area contributed by atoms with E-state index in [1.165, 1.54) is 0 Å². The Morgan fingerprint density at radius 1 is 1.33 bits per heavy atom. The van der Waals surface area contributed by atoms with Crippen LogP contribution in [0.1, 0.15) is 32.3 Å². The molecule has 0 saturated carbocycles. The number of Topliss-reactive ketones (excluding diaryl/α,β-unsaturated/α-hetero) is 1. The molecule has 0 heterocycles.